The maximum atomic E-state index is 12.0. The highest BCUT2D eigenvalue weighted by Gasteiger charge is 2.21. The summed E-state index contributed by atoms with van der Waals surface area (Å²) in [5.74, 6) is 0.0315. The van der Waals surface area contributed by atoms with Crippen molar-refractivity contribution in [1.82, 2.24) is 4.90 Å². The fourth-order valence-corrected chi connectivity index (χ4v) is 2.16. The molecule has 5 heteroatoms. The molecule has 1 aromatic carbocycles. The number of nitrogens with zero attached hydrogens (tertiary/aromatic N) is 1. The van der Waals surface area contributed by atoms with E-state index in [9.17, 15) is 4.79 Å². The second kappa shape index (κ2) is 6.41. The monoisotopic (exact) mass is 288 g/mol. The summed E-state index contributed by atoms with van der Waals surface area (Å²) in [4.78, 5) is 13.6. The number of hydrogen-bond acceptors (Lipinski definition) is 2. The maximum Gasteiger partial charge on any atom is 0.239 e. The molecule has 0 spiro atoms. The average molecular weight is 289 g/mol. The number of rotatable bonds is 4. The van der Waals surface area contributed by atoms with Gasteiger partial charge in [0.1, 0.15) is 0 Å². The molecule has 1 amide bonds. The van der Waals surface area contributed by atoms with E-state index in [0.717, 1.165) is 5.56 Å². The molecular formula is C13H18Cl2N2O. The lowest BCUT2D eigenvalue weighted by Crippen LogP contribution is -2.44. The third kappa shape index (κ3) is 4.16. The summed E-state index contributed by atoms with van der Waals surface area (Å²) in [6.45, 7) is 4.29. The molecule has 1 rings (SSSR count). The number of hydrogen-bond donors (Lipinski definition) is 1. The first-order valence-electron chi connectivity index (χ1n) is 5.76. The summed E-state index contributed by atoms with van der Waals surface area (Å²) in [6.07, 6.45) is 0. The van der Waals surface area contributed by atoms with Crippen molar-refractivity contribution in [2.45, 2.75) is 26.4 Å². The molecule has 1 aromatic rings. The molecule has 0 fully saturated rings. The second-order valence-electron chi connectivity index (χ2n) is 4.74. The first-order chi connectivity index (χ1) is 8.31. The molecule has 2 N–H and O–H groups in total. The highest BCUT2D eigenvalue weighted by molar-refractivity contribution is 6.34. The molecule has 3 nitrogen and oxygen atoms in total. The van der Waals surface area contributed by atoms with Crippen molar-refractivity contribution in [3.05, 3.63) is 33.8 Å². The highest BCUT2D eigenvalue weighted by atomic mass is 35.5. The van der Waals surface area contributed by atoms with Crippen molar-refractivity contribution in [3.8, 4) is 0 Å². The Labute approximate surface area is 118 Å². The van der Waals surface area contributed by atoms with E-state index < -0.39 is 6.04 Å². The van der Waals surface area contributed by atoms with Crippen LogP contribution in [0.1, 0.15) is 19.4 Å². The predicted molar refractivity (Wildman–Crippen MR) is 75.7 cm³/mol. The van der Waals surface area contributed by atoms with Crippen LogP contribution in [-0.2, 0) is 11.3 Å². The van der Waals surface area contributed by atoms with E-state index in [4.69, 9.17) is 28.9 Å². The van der Waals surface area contributed by atoms with E-state index in [-0.39, 0.29) is 11.8 Å². The van der Waals surface area contributed by atoms with Gasteiger partial charge in [-0.25, -0.2) is 0 Å². The normalized spacial score (nSPS) is 12.6. The first kappa shape index (κ1) is 15.3. The van der Waals surface area contributed by atoms with Crippen LogP contribution >= 0.6 is 23.2 Å². The van der Waals surface area contributed by atoms with Gasteiger partial charge in [-0.2, -0.15) is 0 Å². The minimum Gasteiger partial charge on any atom is -0.340 e. The van der Waals surface area contributed by atoms with E-state index in [2.05, 4.69) is 0 Å². The molecule has 100 valence electrons. The van der Waals surface area contributed by atoms with Crippen LogP contribution in [0.3, 0.4) is 0 Å². The Morgan fingerprint density at radius 1 is 1.28 bits per heavy atom. The van der Waals surface area contributed by atoms with Gasteiger partial charge in [0.15, 0.2) is 0 Å². The molecule has 0 bridgehead atoms. The van der Waals surface area contributed by atoms with Crippen molar-refractivity contribution in [2.75, 3.05) is 7.05 Å². The quantitative estimate of drug-likeness (QED) is 0.926. The van der Waals surface area contributed by atoms with Crippen LogP contribution in [0.25, 0.3) is 0 Å². The molecule has 0 radical (unpaired) electrons. The number of carbonyl (C=O) groups is 1. The maximum absolute atomic E-state index is 12.0. The minimum atomic E-state index is -0.482. The number of nitrogens with two attached hydrogens (primary N) is 1. The van der Waals surface area contributed by atoms with Crippen LogP contribution in [0.4, 0.5) is 0 Å². The van der Waals surface area contributed by atoms with Gasteiger partial charge in [-0.05, 0) is 29.7 Å². The Morgan fingerprint density at radius 3 is 2.22 bits per heavy atom. The molecule has 18 heavy (non-hydrogen) atoms. The van der Waals surface area contributed by atoms with Crippen LogP contribution in [0, 0.1) is 5.92 Å². The smallest absolute Gasteiger partial charge is 0.239 e. The number of likely N-dealkylation sites (N-methyl/N-ethyl adjacent to an activating group) is 1. The molecular weight excluding hydrogens is 271 g/mol. The molecule has 0 aliphatic rings. The largest absolute Gasteiger partial charge is 0.340 e. The van der Waals surface area contributed by atoms with Crippen molar-refractivity contribution in [1.29, 1.82) is 0 Å². The number of halogens is 2. The fraction of sp³-hybridized carbons (Fsp3) is 0.462. The van der Waals surface area contributed by atoms with E-state index in [1.165, 1.54) is 0 Å². The summed E-state index contributed by atoms with van der Waals surface area (Å²) in [5.41, 5.74) is 6.72. The zero-order valence-electron chi connectivity index (χ0n) is 10.8. The van der Waals surface area contributed by atoms with E-state index >= 15 is 0 Å². The lowest BCUT2D eigenvalue weighted by Gasteiger charge is -2.23. The fourth-order valence-electron chi connectivity index (χ4n) is 1.59. The van der Waals surface area contributed by atoms with E-state index in [0.29, 0.717) is 16.6 Å². The summed E-state index contributed by atoms with van der Waals surface area (Å²) < 4.78 is 0. The van der Waals surface area contributed by atoms with Crippen LogP contribution in [0.2, 0.25) is 10.0 Å². The zero-order valence-corrected chi connectivity index (χ0v) is 12.3. The van der Waals surface area contributed by atoms with Crippen molar-refractivity contribution < 1.29 is 4.79 Å². The molecule has 0 saturated heterocycles. The lowest BCUT2D eigenvalue weighted by molar-refractivity contribution is -0.132. The molecule has 0 aromatic heterocycles. The van der Waals surface area contributed by atoms with Gasteiger partial charge in [-0.1, -0.05) is 37.0 Å². The van der Waals surface area contributed by atoms with Crippen LogP contribution in [-0.4, -0.2) is 23.9 Å². The Kier molecular flexibility index (Phi) is 5.45. The van der Waals surface area contributed by atoms with Gasteiger partial charge in [-0.3, -0.25) is 4.79 Å². The third-order valence-corrected chi connectivity index (χ3v) is 3.16. The molecule has 1 atom stereocenters. The summed E-state index contributed by atoms with van der Waals surface area (Å²) in [6, 6.07) is 4.76. The summed E-state index contributed by atoms with van der Waals surface area (Å²) in [5, 5.41) is 1.12. The third-order valence-electron chi connectivity index (χ3n) is 2.72. The minimum absolute atomic E-state index is 0.0823. The second-order valence-corrected chi connectivity index (χ2v) is 5.61. The highest BCUT2D eigenvalue weighted by Crippen LogP contribution is 2.20. The summed E-state index contributed by atoms with van der Waals surface area (Å²) >= 11 is 11.8. The molecule has 0 unspecified atom stereocenters. The number of benzene rings is 1. The van der Waals surface area contributed by atoms with Gasteiger partial charge in [0, 0.05) is 23.6 Å². The van der Waals surface area contributed by atoms with E-state index in [1.807, 2.05) is 13.8 Å². The van der Waals surface area contributed by atoms with Gasteiger partial charge < -0.3 is 10.6 Å². The van der Waals surface area contributed by atoms with Gasteiger partial charge in [0.25, 0.3) is 0 Å². The topological polar surface area (TPSA) is 46.3 Å². The SMILES string of the molecule is CC(C)[C@@H](N)C(=O)N(C)Cc1cc(Cl)cc(Cl)c1. The van der Waals surface area contributed by atoms with Crippen molar-refractivity contribution in [2.24, 2.45) is 11.7 Å². The molecule has 0 saturated carbocycles. The lowest BCUT2D eigenvalue weighted by atomic mass is 10.0. The zero-order chi connectivity index (χ0) is 13.9. The predicted octanol–water partition coefficient (Wildman–Crippen LogP) is 2.94. The standard InChI is InChI=1S/C13H18Cl2N2O/c1-8(2)12(16)13(18)17(3)7-9-4-10(14)6-11(15)5-9/h4-6,8,12H,7,16H2,1-3H3/t12-/m1/s1. The van der Waals surface area contributed by atoms with Gasteiger partial charge in [0.05, 0.1) is 6.04 Å². The Balaban J connectivity index is 2.75. The molecule has 0 heterocycles. The van der Waals surface area contributed by atoms with Crippen LogP contribution in [0.15, 0.2) is 18.2 Å². The number of amides is 1. The van der Waals surface area contributed by atoms with Crippen molar-refractivity contribution in [3.63, 3.8) is 0 Å². The first-order valence-corrected chi connectivity index (χ1v) is 6.52. The Morgan fingerprint density at radius 2 is 1.78 bits per heavy atom. The average Bonchev–Trinajstić information content (AvgIpc) is 2.25. The summed E-state index contributed by atoms with van der Waals surface area (Å²) in [7, 11) is 1.72. The van der Waals surface area contributed by atoms with E-state index in [1.54, 1.807) is 30.1 Å². The van der Waals surface area contributed by atoms with Gasteiger partial charge >= 0.3 is 0 Å². The van der Waals surface area contributed by atoms with Crippen molar-refractivity contribution >= 4 is 29.1 Å². The molecule has 0 aliphatic heterocycles. The van der Waals surface area contributed by atoms with Crippen LogP contribution in [0.5, 0.6) is 0 Å². The number of carbonyl (C=O) groups excluding carboxylic acids is 1. The Bertz CT molecular complexity index is 415. The van der Waals surface area contributed by atoms with Gasteiger partial charge in [0.2, 0.25) is 5.91 Å². The van der Waals surface area contributed by atoms with Gasteiger partial charge in [-0.15, -0.1) is 0 Å². The van der Waals surface area contributed by atoms with Crippen LogP contribution < -0.4 is 5.73 Å². The Hall–Kier alpha value is -0.770. The molecule has 0 aliphatic carbocycles.